The first-order valence-corrected chi connectivity index (χ1v) is 8.00. The summed E-state index contributed by atoms with van der Waals surface area (Å²) in [5, 5.41) is 10.4. The van der Waals surface area contributed by atoms with Crippen LogP contribution in [-0.2, 0) is 0 Å². The number of imidazole rings is 1. The number of hydrogen-bond donors (Lipinski definition) is 3. The maximum atomic E-state index is 4.72. The van der Waals surface area contributed by atoms with Gasteiger partial charge < -0.3 is 10.2 Å². The molecule has 8 nitrogen and oxygen atoms in total. The Morgan fingerprint density at radius 1 is 1.30 bits per heavy atom. The van der Waals surface area contributed by atoms with Crippen molar-refractivity contribution in [2.75, 3.05) is 23.3 Å². The fraction of sp³-hybridized carbons (Fsp3) is 0.467. The van der Waals surface area contributed by atoms with E-state index in [9.17, 15) is 0 Å². The average Bonchev–Trinajstić information content (AvgIpc) is 3.17. The number of aromatic amines is 3. The molecule has 4 rings (SSSR count). The minimum atomic E-state index is 0.733. The zero-order valence-electron chi connectivity index (χ0n) is 13.3. The maximum absolute atomic E-state index is 4.72. The third-order valence-electron chi connectivity index (χ3n) is 4.34. The number of nitrogens with zero attached hydrogens (tertiary/aromatic N) is 4. The summed E-state index contributed by atoms with van der Waals surface area (Å²) < 4.78 is 0. The number of piperidine rings is 1. The normalized spacial score (nSPS) is 16.2. The molecule has 1 aliphatic rings. The lowest BCUT2D eigenvalue weighted by atomic mass is 10.00. The second-order valence-corrected chi connectivity index (χ2v) is 6.26. The van der Waals surface area contributed by atoms with Crippen molar-refractivity contribution in [1.82, 2.24) is 25.1 Å². The van der Waals surface area contributed by atoms with Gasteiger partial charge in [0, 0.05) is 24.8 Å². The Morgan fingerprint density at radius 3 is 2.87 bits per heavy atom. The highest BCUT2D eigenvalue weighted by Gasteiger charge is 2.24. The quantitative estimate of drug-likeness (QED) is 0.684. The van der Waals surface area contributed by atoms with Crippen LogP contribution >= 0.6 is 0 Å². The summed E-state index contributed by atoms with van der Waals surface area (Å²) in [5.74, 6) is 3.01. The predicted octanol–water partition coefficient (Wildman–Crippen LogP) is 1.78. The number of rotatable bonds is 3. The Bertz CT molecular complexity index is 812. The molecule has 3 aromatic rings. The Labute approximate surface area is 133 Å². The number of nitrogens with one attached hydrogen (secondary N) is 4. The molecule has 4 heterocycles. The highest BCUT2D eigenvalue weighted by Crippen LogP contribution is 2.25. The van der Waals surface area contributed by atoms with Crippen LogP contribution in [-0.4, -0.2) is 38.2 Å². The van der Waals surface area contributed by atoms with Gasteiger partial charge in [0.25, 0.3) is 0 Å². The predicted molar refractivity (Wildman–Crippen MR) is 87.7 cm³/mol. The van der Waals surface area contributed by atoms with Gasteiger partial charge in [-0.15, -0.1) is 0 Å². The zero-order valence-corrected chi connectivity index (χ0v) is 13.3. The SMILES string of the molecule is Cc1cc(Nc2nc(N3CCC(C)CC3)nc3[nH+]c[nH]c23)n[nH]1. The van der Waals surface area contributed by atoms with Crippen molar-refractivity contribution < 1.29 is 4.98 Å². The highest BCUT2D eigenvalue weighted by molar-refractivity contribution is 5.83. The van der Waals surface area contributed by atoms with Crippen molar-refractivity contribution in [3.63, 3.8) is 0 Å². The van der Waals surface area contributed by atoms with Gasteiger partial charge in [0.15, 0.2) is 18.0 Å². The van der Waals surface area contributed by atoms with Gasteiger partial charge in [-0.25, -0.2) is 4.98 Å². The number of H-pyrrole nitrogens is 3. The van der Waals surface area contributed by atoms with Crippen LogP contribution in [0.25, 0.3) is 11.2 Å². The van der Waals surface area contributed by atoms with Gasteiger partial charge in [0.05, 0.1) is 0 Å². The summed E-state index contributed by atoms with van der Waals surface area (Å²) >= 11 is 0. The van der Waals surface area contributed by atoms with Gasteiger partial charge in [-0.05, 0) is 25.7 Å². The molecule has 0 aromatic carbocycles. The second kappa shape index (κ2) is 5.53. The average molecular weight is 313 g/mol. The van der Waals surface area contributed by atoms with Gasteiger partial charge in [-0.3, -0.25) is 10.1 Å². The molecule has 0 radical (unpaired) electrons. The highest BCUT2D eigenvalue weighted by atomic mass is 15.3. The van der Waals surface area contributed by atoms with E-state index < -0.39 is 0 Å². The molecular weight excluding hydrogens is 292 g/mol. The molecule has 1 aliphatic heterocycles. The molecule has 0 bridgehead atoms. The number of aromatic nitrogens is 6. The summed E-state index contributed by atoms with van der Waals surface area (Å²) in [6, 6.07) is 1.95. The Balaban J connectivity index is 1.69. The third kappa shape index (κ3) is 2.71. The van der Waals surface area contributed by atoms with E-state index in [2.05, 4.69) is 42.3 Å². The number of fused-ring (bicyclic) bond motifs is 1. The van der Waals surface area contributed by atoms with Crippen molar-refractivity contribution in [1.29, 1.82) is 0 Å². The molecule has 1 saturated heterocycles. The number of aryl methyl sites for hydroxylation is 1. The Hall–Kier alpha value is -2.64. The molecule has 8 heteroatoms. The van der Waals surface area contributed by atoms with Gasteiger partial charge >= 0.3 is 11.6 Å². The van der Waals surface area contributed by atoms with Crippen LogP contribution < -0.4 is 15.2 Å². The molecule has 0 aliphatic carbocycles. The number of hydrogen-bond acceptors (Lipinski definition) is 5. The molecule has 0 spiro atoms. The summed E-state index contributed by atoms with van der Waals surface area (Å²) in [5.41, 5.74) is 2.64. The van der Waals surface area contributed by atoms with Crippen LogP contribution in [0, 0.1) is 12.8 Å². The molecule has 120 valence electrons. The van der Waals surface area contributed by atoms with Gasteiger partial charge in [-0.1, -0.05) is 11.9 Å². The first kappa shape index (κ1) is 14.0. The fourth-order valence-electron chi connectivity index (χ4n) is 2.91. The van der Waals surface area contributed by atoms with E-state index in [1.807, 2.05) is 13.0 Å². The lowest BCUT2D eigenvalue weighted by molar-refractivity contribution is -0.347. The summed E-state index contributed by atoms with van der Waals surface area (Å²) in [6.07, 6.45) is 4.13. The molecule has 0 amide bonds. The van der Waals surface area contributed by atoms with Crippen molar-refractivity contribution >= 4 is 28.7 Å². The molecule has 0 saturated carbocycles. The molecule has 23 heavy (non-hydrogen) atoms. The monoisotopic (exact) mass is 313 g/mol. The van der Waals surface area contributed by atoms with E-state index in [4.69, 9.17) is 4.98 Å². The van der Waals surface area contributed by atoms with Crippen LogP contribution in [0.3, 0.4) is 0 Å². The minimum absolute atomic E-state index is 0.733. The van der Waals surface area contributed by atoms with Crippen molar-refractivity contribution in [2.45, 2.75) is 26.7 Å². The largest absolute Gasteiger partial charge is 0.327 e. The van der Waals surface area contributed by atoms with Crippen LogP contribution in [0.1, 0.15) is 25.5 Å². The first-order valence-electron chi connectivity index (χ1n) is 8.00. The standard InChI is InChI=1S/C15H20N8/c1-9-3-5-23(6-4-9)15-19-13-12(16-8-17-13)14(20-15)18-11-7-10(2)21-22-11/h7-9H,3-6H2,1-2H3,(H3,16,17,18,19,20,21,22)/p+1. The summed E-state index contributed by atoms with van der Waals surface area (Å²) in [4.78, 5) is 17.9. The van der Waals surface area contributed by atoms with E-state index in [1.165, 1.54) is 12.8 Å². The van der Waals surface area contributed by atoms with Crippen LogP contribution in [0.4, 0.5) is 17.6 Å². The van der Waals surface area contributed by atoms with Crippen LogP contribution in [0.5, 0.6) is 0 Å². The second-order valence-electron chi connectivity index (χ2n) is 6.26. The molecule has 0 atom stereocenters. The van der Waals surface area contributed by atoms with Crippen molar-refractivity contribution in [3.05, 3.63) is 18.1 Å². The number of anilines is 3. The van der Waals surface area contributed by atoms with Crippen LogP contribution in [0.2, 0.25) is 0 Å². The third-order valence-corrected chi connectivity index (χ3v) is 4.34. The molecule has 3 aromatic heterocycles. The minimum Gasteiger partial charge on any atom is -0.327 e. The fourth-order valence-corrected chi connectivity index (χ4v) is 2.91. The Kier molecular flexibility index (Phi) is 3.36. The van der Waals surface area contributed by atoms with Gasteiger partial charge in [0.2, 0.25) is 5.52 Å². The van der Waals surface area contributed by atoms with E-state index in [1.54, 1.807) is 6.33 Å². The Morgan fingerprint density at radius 2 is 2.13 bits per heavy atom. The smallest absolute Gasteiger partial charge is 0.307 e. The van der Waals surface area contributed by atoms with E-state index in [0.717, 1.165) is 53.4 Å². The van der Waals surface area contributed by atoms with Crippen molar-refractivity contribution in [3.8, 4) is 0 Å². The van der Waals surface area contributed by atoms with E-state index >= 15 is 0 Å². The topological polar surface area (TPSA) is 99.7 Å². The maximum Gasteiger partial charge on any atom is 0.307 e. The van der Waals surface area contributed by atoms with E-state index in [-0.39, 0.29) is 0 Å². The van der Waals surface area contributed by atoms with Gasteiger partial charge in [-0.2, -0.15) is 10.1 Å². The van der Waals surface area contributed by atoms with E-state index in [0.29, 0.717) is 0 Å². The summed E-state index contributed by atoms with van der Waals surface area (Å²) in [7, 11) is 0. The van der Waals surface area contributed by atoms with Gasteiger partial charge in [0.1, 0.15) is 0 Å². The molecular formula is C15H21N8+. The summed E-state index contributed by atoms with van der Waals surface area (Å²) in [6.45, 7) is 6.26. The van der Waals surface area contributed by atoms with Crippen LogP contribution in [0.15, 0.2) is 12.4 Å². The molecule has 0 unspecified atom stereocenters. The molecule has 1 fully saturated rings. The molecule has 4 N–H and O–H groups in total. The van der Waals surface area contributed by atoms with Crippen molar-refractivity contribution in [2.24, 2.45) is 5.92 Å². The zero-order chi connectivity index (χ0) is 15.8. The first-order chi connectivity index (χ1) is 11.2. The lowest BCUT2D eigenvalue weighted by Crippen LogP contribution is -2.34. The lowest BCUT2D eigenvalue weighted by Gasteiger charge is -2.28.